The third-order valence-corrected chi connectivity index (χ3v) is 8.73. The maximum absolute atomic E-state index is 12.4. The number of hydrogen-bond acceptors (Lipinski definition) is 10. The molecule has 0 saturated carbocycles. The summed E-state index contributed by atoms with van der Waals surface area (Å²) in [5, 5.41) is 4.89. The normalized spacial score (nSPS) is 11.1. The van der Waals surface area contributed by atoms with Crippen LogP contribution in [0.3, 0.4) is 0 Å². The van der Waals surface area contributed by atoms with Crippen molar-refractivity contribution in [2.75, 3.05) is 38.1 Å². The van der Waals surface area contributed by atoms with Crippen LogP contribution in [0.2, 0.25) is 0 Å². The highest BCUT2D eigenvalue weighted by atomic mass is 32.2. The fourth-order valence-electron chi connectivity index (χ4n) is 3.77. The van der Waals surface area contributed by atoms with E-state index in [2.05, 4.69) is 10.6 Å². The number of anilines is 2. The summed E-state index contributed by atoms with van der Waals surface area (Å²) < 4.78 is 74.8. The molecule has 0 radical (unpaired) electrons. The minimum atomic E-state index is -4.08. The average Bonchev–Trinajstić information content (AvgIpc) is 3.04. The summed E-state index contributed by atoms with van der Waals surface area (Å²) in [5.41, 5.74) is 0.679. The summed E-state index contributed by atoms with van der Waals surface area (Å²) in [6.07, 6.45) is 0. The minimum Gasteiger partial charge on any atom is -0.497 e. The lowest BCUT2D eigenvalue weighted by atomic mass is 10.3. The molecule has 0 atom stereocenters. The SMILES string of the molecule is COc1ccc(S(=O)(=O)NC(=O)Nc2ccc(OCCOc3ccc(NC(=O)NS(=O)(=O)c4ccc(OC)cc4)cc3)cc2)cc1. The number of methoxy groups -OCH3 is 2. The number of amides is 4. The van der Waals surface area contributed by atoms with Gasteiger partial charge in [-0.25, -0.2) is 35.9 Å². The second kappa shape index (κ2) is 15.0. The van der Waals surface area contributed by atoms with E-state index in [0.717, 1.165) is 0 Å². The fraction of sp³-hybridized carbons (Fsp3) is 0.133. The highest BCUT2D eigenvalue weighted by Crippen LogP contribution is 2.20. The van der Waals surface area contributed by atoms with Crippen molar-refractivity contribution in [1.29, 1.82) is 0 Å². The van der Waals surface area contributed by atoms with E-state index >= 15 is 0 Å². The topological polar surface area (TPSA) is 187 Å². The molecule has 0 spiro atoms. The minimum absolute atomic E-state index is 0.0938. The van der Waals surface area contributed by atoms with E-state index in [1.165, 1.54) is 62.8 Å². The van der Waals surface area contributed by atoms with Gasteiger partial charge in [-0.15, -0.1) is 0 Å². The van der Waals surface area contributed by atoms with Crippen LogP contribution < -0.4 is 39.0 Å². The number of hydrogen-bond donors (Lipinski definition) is 4. The van der Waals surface area contributed by atoms with Gasteiger partial charge >= 0.3 is 12.1 Å². The van der Waals surface area contributed by atoms with Crippen LogP contribution in [0, 0.1) is 0 Å². The molecule has 242 valence electrons. The molecule has 4 rings (SSSR count). The predicted molar refractivity (Wildman–Crippen MR) is 169 cm³/mol. The third kappa shape index (κ3) is 9.51. The third-order valence-electron chi connectivity index (χ3n) is 6.04. The molecule has 4 aromatic carbocycles. The van der Waals surface area contributed by atoms with Crippen LogP contribution >= 0.6 is 0 Å². The van der Waals surface area contributed by atoms with Gasteiger partial charge in [-0.2, -0.15) is 0 Å². The summed E-state index contributed by atoms with van der Waals surface area (Å²) >= 11 is 0. The Morgan fingerprint density at radius 1 is 0.500 bits per heavy atom. The van der Waals surface area contributed by atoms with Gasteiger partial charge < -0.3 is 29.6 Å². The first-order valence-corrected chi connectivity index (χ1v) is 16.4. The van der Waals surface area contributed by atoms with Crippen molar-refractivity contribution < 1.29 is 45.4 Å². The first-order chi connectivity index (χ1) is 22.0. The number of sulfonamides is 2. The molecule has 4 amide bonds. The van der Waals surface area contributed by atoms with Gasteiger partial charge in [0.1, 0.15) is 36.2 Å². The molecule has 0 heterocycles. The molecule has 4 N–H and O–H groups in total. The Kier molecular flexibility index (Phi) is 10.9. The Hall–Kier alpha value is -5.48. The van der Waals surface area contributed by atoms with E-state index < -0.39 is 32.1 Å². The molecule has 0 saturated heterocycles. The Balaban J connectivity index is 1.17. The monoisotopic (exact) mass is 670 g/mol. The molecule has 0 fully saturated rings. The predicted octanol–water partition coefficient (Wildman–Crippen LogP) is 4.18. The summed E-state index contributed by atoms with van der Waals surface area (Å²) in [4.78, 5) is 24.3. The van der Waals surface area contributed by atoms with E-state index in [4.69, 9.17) is 18.9 Å². The van der Waals surface area contributed by atoms with Crippen molar-refractivity contribution in [3.05, 3.63) is 97.1 Å². The Morgan fingerprint density at radius 2 is 0.804 bits per heavy atom. The molecule has 0 aliphatic carbocycles. The number of nitrogens with one attached hydrogen (secondary N) is 4. The van der Waals surface area contributed by atoms with Crippen molar-refractivity contribution in [1.82, 2.24) is 9.44 Å². The number of urea groups is 2. The van der Waals surface area contributed by atoms with Crippen LogP contribution in [0.1, 0.15) is 0 Å². The van der Waals surface area contributed by atoms with Crippen LogP contribution in [-0.4, -0.2) is 56.3 Å². The van der Waals surface area contributed by atoms with Gasteiger partial charge in [-0.05, 0) is 97.1 Å². The number of rotatable bonds is 13. The Labute approximate surface area is 265 Å². The largest absolute Gasteiger partial charge is 0.497 e. The van der Waals surface area contributed by atoms with Crippen molar-refractivity contribution >= 4 is 43.5 Å². The van der Waals surface area contributed by atoms with Crippen LogP contribution in [0.4, 0.5) is 21.0 Å². The molecule has 0 aliphatic heterocycles. The summed E-state index contributed by atoms with van der Waals surface area (Å²) in [5.74, 6) is 1.92. The lowest BCUT2D eigenvalue weighted by molar-refractivity contribution is 0.217. The lowest BCUT2D eigenvalue weighted by Gasteiger charge is -2.11. The molecule has 4 aromatic rings. The molecule has 16 heteroatoms. The van der Waals surface area contributed by atoms with Gasteiger partial charge in [-0.3, -0.25) is 0 Å². The zero-order valence-electron chi connectivity index (χ0n) is 24.6. The highest BCUT2D eigenvalue weighted by Gasteiger charge is 2.19. The number of carbonyl (C=O) groups excluding carboxylic acids is 2. The molecule has 0 aliphatic rings. The van der Waals surface area contributed by atoms with Gasteiger partial charge in [0, 0.05) is 11.4 Å². The lowest BCUT2D eigenvalue weighted by Crippen LogP contribution is -2.34. The van der Waals surface area contributed by atoms with Gasteiger partial charge in [0.15, 0.2) is 0 Å². The smallest absolute Gasteiger partial charge is 0.333 e. The maximum Gasteiger partial charge on any atom is 0.333 e. The van der Waals surface area contributed by atoms with Gasteiger partial charge in [0.2, 0.25) is 0 Å². The standard InChI is InChI=1S/C30H30N4O10S2/c1-41-23-11-15-27(16-12-23)45(37,38)33-29(35)31-21-3-7-25(8-4-21)43-19-20-44-26-9-5-22(6-10-26)32-30(36)34-46(39,40)28-17-13-24(42-2)14-18-28/h3-18H,19-20H2,1-2H3,(H2,31,33,35)(H2,32,34,36). The Bertz CT molecular complexity index is 1710. The van der Waals surface area contributed by atoms with Crippen molar-refractivity contribution in [3.63, 3.8) is 0 Å². The number of carbonyl (C=O) groups is 2. The second-order valence-corrected chi connectivity index (χ2v) is 12.6. The van der Waals surface area contributed by atoms with Crippen molar-refractivity contribution in [2.24, 2.45) is 0 Å². The summed E-state index contributed by atoms with van der Waals surface area (Å²) in [6.45, 7) is 0.359. The zero-order chi connectivity index (χ0) is 33.2. The number of benzene rings is 4. The summed E-state index contributed by atoms with van der Waals surface area (Å²) in [6, 6.07) is 21.8. The maximum atomic E-state index is 12.4. The molecular weight excluding hydrogens is 640 g/mol. The van der Waals surface area contributed by atoms with Crippen LogP contribution in [0.15, 0.2) is 107 Å². The van der Waals surface area contributed by atoms with Crippen LogP contribution in [-0.2, 0) is 20.0 Å². The van der Waals surface area contributed by atoms with E-state index in [1.807, 2.05) is 9.44 Å². The second-order valence-electron chi connectivity index (χ2n) is 9.22. The first kappa shape index (κ1) is 33.4. The molecule has 14 nitrogen and oxygen atoms in total. The molecule has 0 unspecified atom stereocenters. The first-order valence-electron chi connectivity index (χ1n) is 13.4. The van der Waals surface area contributed by atoms with E-state index in [-0.39, 0.29) is 23.0 Å². The fourth-order valence-corrected chi connectivity index (χ4v) is 5.59. The van der Waals surface area contributed by atoms with Gasteiger partial charge in [-0.1, -0.05) is 0 Å². The van der Waals surface area contributed by atoms with Crippen molar-refractivity contribution in [3.8, 4) is 23.0 Å². The van der Waals surface area contributed by atoms with E-state index in [1.54, 1.807) is 48.5 Å². The molecular formula is C30H30N4O10S2. The quantitative estimate of drug-likeness (QED) is 0.150. The van der Waals surface area contributed by atoms with Crippen LogP contribution in [0.5, 0.6) is 23.0 Å². The van der Waals surface area contributed by atoms with E-state index in [0.29, 0.717) is 34.4 Å². The van der Waals surface area contributed by atoms with Crippen LogP contribution in [0.25, 0.3) is 0 Å². The van der Waals surface area contributed by atoms with Crippen molar-refractivity contribution in [2.45, 2.75) is 9.79 Å². The van der Waals surface area contributed by atoms with E-state index in [9.17, 15) is 26.4 Å². The molecule has 46 heavy (non-hydrogen) atoms. The molecule has 0 aromatic heterocycles. The Morgan fingerprint density at radius 3 is 1.11 bits per heavy atom. The number of ether oxygens (including phenoxy) is 4. The molecule has 0 bridgehead atoms. The summed E-state index contributed by atoms with van der Waals surface area (Å²) in [7, 11) is -5.25. The van der Waals surface area contributed by atoms with Gasteiger partial charge in [0.25, 0.3) is 20.0 Å². The van der Waals surface area contributed by atoms with Gasteiger partial charge in [0.05, 0.1) is 24.0 Å². The average molecular weight is 671 g/mol. The zero-order valence-corrected chi connectivity index (χ0v) is 26.2. The highest BCUT2D eigenvalue weighted by molar-refractivity contribution is 7.90.